The highest BCUT2D eigenvalue weighted by molar-refractivity contribution is 5.85. The molecule has 1 fully saturated rings. The van der Waals surface area contributed by atoms with Crippen LogP contribution in [-0.2, 0) is 19.0 Å². The number of quaternary nitrogens is 1. The number of carbonyl (C=O) groups excluding carboxylic acids is 4. The van der Waals surface area contributed by atoms with Gasteiger partial charge in [0.1, 0.15) is 30.3 Å². The number of nitrogens with one attached hydrogen (secondary N) is 1. The highest BCUT2D eigenvalue weighted by Crippen LogP contribution is 2.30. The van der Waals surface area contributed by atoms with Crippen LogP contribution < -0.4 is 5.32 Å². The summed E-state index contributed by atoms with van der Waals surface area (Å²) in [5, 5.41) is 2.72. The minimum absolute atomic E-state index is 0.00801. The van der Waals surface area contributed by atoms with Gasteiger partial charge in [-0.1, -0.05) is 0 Å². The Labute approximate surface area is 178 Å². The highest BCUT2D eigenvalue weighted by Gasteiger charge is 2.57. The molecule has 4 amide bonds. The number of hydrogen-bond donors (Lipinski definition) is 1. The summed E-state index contributed by atoms with van der Waals surface area (Å²) < 4.78 is 14.8. The monoisotopic (exact) mass is 430 g/mol. The fourth-order valence-electron chi connectivity index (χ4n) is 3.37. The van der Waals surface area contributed by atoms with Crippen LogP contribution in [0.2, 0.25) is 0 Å². The van der Waals surface area contributed by atoms with Crippen LogP contribution in [0.15, 0.2) is 0 Å². The molecule has 0 unspecified atom stereocenters. The molecule has 1 heterocycles. The van der Waals surface area contributed by atoms with Crippen LogP contribution >= 0.6 is 0 Å². The van der Waals surface area contributed by atoms with E-state index in [2.05, 4.69) is 5.32 Å². The van der Waals surface area contributed by atoms with E-state index in [0.29, 0.717) is 6.42 Å². The molecule has 3 atom stereocenters. The number of carbonyl (C=O) groups is 4. The molecule has 0 spiro atoms. The lowest BCUT2D eigenvalue weighted by atomic mass is 10.2. The molecule has 0 aliphatic carbocycles. The average molecular weight is 431 g/mol. The Balaban J connectivity index is 2.99. The largest absolute Gasteiger partial charge is 0.523 e. The number of amides is 4. The number of ether oxygens (including phenoxy) is 3. The van der Waals surface area contributed by atoms with Crippen molar-refractivity contribution in [3.63, 3.8) is 0 Å². The average Bonchev–Trinajstić information content (AvgIpc) is 2.87. The standard InChI is InChI=1S/C20H35N3O7/c1-13-10-14(21-16(25)29-19(2,3)4)12-23(13,18(27)28-9)15(24)11-22(8)17(26)30-20(5,6)7/h13-14H,10-12H2,1-9H3/p+1/t13-,14+,23-/m1/s1. The molecule has 1 N–H and O–H groups in total. The van der Waals surface area contributed by atoms with E-state index in [4.69, 9.17) is 14.2 Å². The third-order valence-corrected chi connectivity index (χ3v) is 4.63. The van der Waals surface area contributed by atoms with Crippen molar-refractivity contribution in [2.24, 2.45) is 0 Å². The van der Waals surface area contributed by atoms with Crippen LogP contribution in [0, 0.1) is 0 Å². The number of alkyl carbamates (subject to hydrolysis) is 1. The van der Waals surface area contributed by atoms with E-state index in [1.807, 2.05) is 0 Å². The van der Waals surface area contributed by atoms with Crippen molar-refractivity contribution in [3.8, 4) is 0 Å². The molecule has 1 aliphatic rings. The van der Waals surface area contributed by atoms with Crippen molar-refractivity contribution in [2.75, 3.05) is 27.2 Å². The fraction of sp³-hybridized carbons (Fsp3) is 0.800. The Bertz CT molecular complexity index is 681. The zero-order valence-corrected chi connectivity index (χ0v) is 19.5. The van der Waals surface area contributed by atoms with Gasteiger partial charge in [0.2, 0.25) is 0 Å². The van der Waals surface area contributed by atoms with E-state index < -0.39 is 52.0 Å². The second kappa shape index (κ2) is 9.20. The Kier molecular flexibility index (Phi) is 7.87. The number of likely N-dealkylation sites (N-methyl/N-ethyl adjacent to an activating group) is 1. The highest BCUT2D eigenvalue weighted by atomic mass is 16.6. The summed E-state index contributed by atoms with van der Waals surface area (Å²) in [6, 6.07) is -0.929. The van der Waals surface area contributed by atoms with Crippen molar-refractivity contribution >= 4 is 24.2 Å². The quantitative estimate of drug-likeness (QED) is 0.541. The third kappa shape index (κ3) is 6.58. The first-order valence-electron chi connectivity index (χ1n) is 9.95. The van der Waals surface area contributed by atoms with Crippen LogP contribution in [0.4, 0.5) is 14.4 Å². The van der Waals surface area contributed by atoms with Crippen LogP contribution in [-0.4, -0.2) is 84.1 Å². The summed E-state index contributed by atoms with van der Waals surface area (Å²) in [4.78, 5) is 51.4. The third-order valence-electron chi connectivity index (χ3n) is 4.63. The van der Waals surface area contributed by atoms with Gasteiger partial charge in [-0.15, -0.1) is 0 Å². The zero-order valence-electron chi connectivity index (χ0n) is 19.5. The van der Waals surface area contributed by atoms with Gasteiger partial charge in [0.15, 0.2) is 0 Å². The molecular weight excluding hydrogens is 394 g/mol. The predicted octanol–water partition coefficient (Wildman–Crippen LogP) is 2.65. The molecule has 1 rings (SSSR count). The lowest BCUT2D eigenvalue weighted by molar-refractivity contribution is -0.792. The van der Waals surface area contributed by atoms with Crippen molar-refractivity contribution in [1.29, 1.82) is 0 Å². The number of nitrogens with zero attached hydrogens (tertiary/aromatic N) is 2. The first kappa shape index (κ1) is 25.7. The summed E-state index contributed by atoms with van der Waals surface area (Å²) in [6.45, 7) is 11.8. The molecule has 0 aromatic rings. The second-order valence-electron chi connectivity index (χ2n) is 9.68. The summed E-state index contributed by atoms with van der Waals surface area (Å²) in [5.74, 6) is -0.517. The molecule has 10 heteroatoms. The van der Waals surface area contributed by atoms with E-state index in [1.54, 1.807) is 48.5 Å². The molecule has 0 radical (unpaired) electrons. The normalized spacial score (nSPS) is 24.0. The maximum Gasteiger partial charge on any atom is 0.523 e. The second-order valence-corrected chi connectivity index (χ2v) is 9.68. The Morgan fingerprint density at radius 3 is 2.03 bits per heavy atom. The van der Waals surface area contributed by atoms with Crippen molar-refractivity contribution in [1.82, 2.24) is 10.2 Å². The number of rotatable bonds is 3. The van der Waals surface area contributed by atoms with Crippen molar-refractivity contribution < 1.29 is 37.9 Å². The minimum Gasteiger partial charge on any atom is -0.444 e. The molecule has 10 nitrogen and oxygen atoms in total. The molecule has 172 valence electrons. The van der Waals surface area contributed by atoms with Gasteiger partial charge in [0.05, 0.1) is 13.2 Å². The molecule has 0 bridgehead atoms. The van der Waals surface area contributed by atoms with Gasteiger partial charge in [0.25, 0.3) is 0 Å². The topological polar surface area (TPSA) is 111 Å². The Morgan fingerprint density at radius 2 is 1.57 bits per heavy atom. The van der Waals surface area contributed by atoms with Gasteiger partial charge in [0, 0.05) is 13.5 Å². The van der Waals surface area contributed by atoms with E-state index in [9.17, 15) is 19.2 Å². The molecule has 0 saturated carbocycles. The molecule has 30 heavy (non-hydrogen) atoms. The molecule has 0 aromatic carbocycles. The summed E-state index contributed by atoms with van der Waals surface area (Å²) in [5.41, 5.74) is -1.39. The molecule has 1 aliphatic heterocycles. The number of methoxy groups -OCH3 is 1. The number of likely N-dealkylation sites (tertiary alicyclic amines) is 1. The zero-order chi connectivity index (χ0) is 23.5. The van der Waals surface area contributed by atoms with Crippen molar-refractivity contribution in [3.05, 3.63) is 0 Å². The maximum atomic E-state index is 13.2. The lowest BCUT2D eigenvalue weighted by Crippen LogP contribution is -2.62. The summed E-state index contributed by atoms with van der Waals surface area (Å²) >= 11 is 0. The van der Waals surface area contributed by atoms with Gasteiger partial charge in [-0.25, -0.2) is 14.4 Å². The van der Waals surface area contributed by atoms with E-state index in [-0.39, 0.29) is 13.1 Å². The molecule has 0 aromatic heterocycles. The van der Waals surface area contributed by atoms with Gasteiger partial charge in [-0.2, -0.15) is 9.28 Å². The van der Waals surface area contributed by atoms with Gasteiger partial charge in [-0.05, 0) is 48.5 Å². The first-order chi connectivity index (χ1) is 13.5. The van der Waals surface area contributed by atoms with Crippen LogP contribution in [0.1, 0.15) is 54.9 Å². The van der Waals surface area contributed by atoms with Gasteiger partial charge in [-0.3, -0.25) is 4.90 Å². The number of hydrogen-bond acceptors (Lipinski definition) is 7. The van der Waals surface area contributed by atoms with Crippen LogP contribution in [0.5, 0.6) is 0 Å². The maximum absolute atomic E-state index is 13.2. The smallest absolute Gasteiger partial charge is 0.444 e. The predicted molar refractivity (Wildman–Crippen MR) is 109 cm³/mol. The molecular formula is C20H36N3O7+. The Hall–Kier alpha value is -2.36. The van der Waals surface area contributed by atoms with Gasteiger partial charge >= 0.3 is 24.2 Å². The lowest BCUT2D eigenvalue weighted by Gasteiger charge is -2.32. The van der Waals surface area contributed by atoms with Crippen LogP contribution in [0.3, 0.4) is 0 Å². The molecule has 1 saturated heterocycles. The van der Waals surface area contributed by atoms with Gasteiger partial charge < -0.3 is 19.5 Å². The summed E-state index contributed by atoms with van der Waals surface area (Å²) in [7, 11) is 2.63. The van der Waals surface area contributed by atoms with Crippen molar-refractivity contribution in [2.45, 2.75) is 78.2 Å². The minimum atomic E-state index is -0.737. The first-order valence-corrected chi connectivity index (χ1v) is 9.95. The summed E-state index contributed by atoms with van der Waals surface area (Å²) in [6.07, 6.45) is -1.66. The van der Waals surface area contributed by atoms with E-state index in [0.717, 1.165) is 4.90 Å². The Morgan fingerprint density at radius 1 is 1.03 bits per heavy atom. The van der Waals surface area contributed by atoms with Crippen LogP contribution in [0.25, 0.3) is 0 Å². The SMILES string of the molecule is COC(=O)[N@+]1(C(=O)CN(C)C(=O)OC(C)(C)C)C[C@@H](NC(=O)OC(C)(C)C)C[C@H]1C. The van der Waals surface area contributed by atoms with E-state index in [1.165, 1.54) is 14.2 Å². The van der Waals surface area contributed by atoms with E-state index >= 15 is 0 Å². The fourth-order valence-corrected chi connectivity index (χ4v) is 3.37. The number of imide groups is 1.